The van der Waals surface area contributed by atoms with Crippen LogP contribution in [0.25, 0.3) is 0 Å². The van der Waals surface area contributed by atoms with E-state index in [4.69, 9.17) is 0 Å². The molecule has 5 nitrogen and oxygen atoms in total. The van der Waals surface area contributed by atoms with Gasteiger partial charge in [-0.05, 0) is 24.5 Å². The third-order valence-corrected chi connectivity index (χ3v) is 4.22. The van der Waals surface area contributed by atoms with Gasteiger partial charge >= 0.3 is 0 Å². The second-order valence-electron chi connectivity index (χ2n) is 4.99. The predicted molar refractivity (Wildman–Crippen MR) is 78.7 cm³/mol. The molecule has 0 bridgehead atoms. The maximum Gasteiger partial charge on any atom is 0.240 e. The summed E-state index contributed by atoms with van der Waals surface area (Å²) in [4.78, 5) is 11.7. The van der Waals surface area contributed by atoms with Crippen LogP contribution in [-0.2, 0) is 14.8 Å². The molecule has 0 heterocycles. The summed E-state index contributed by atoms with van der Waals surface area (Å²) in [5.74, 6) is 0.397. The summed E-state index contributed by atoms with van der Waals surface area (Å²) in [7, 11) is -3.52. The second kappa shape index (κ2) is 8.01. The van der Waals surface area contributed by atoms with E-state index in [1.165, 1.54) is 12.1 Å². The number of amides is 1. The molecule has 1 aromatic rings. The van der Waals surface area contributed by atoms with E-state index in [0.717, 1.165) is 6.42 Å². The van der Waals surface area contributed by atoms with Crippen LogP contribution < -0.4 is 10.0 Å². The van der Waals surface area contributed by atoms with Gasteiger partial charge in [0.05, 0.1) is 4.90 Å². The summed E-state index contributed by atoms with van der Waals surface area (Å²) in [5.41, 5.74) is 0. The molecule has 0 aliphatic carbocycles. The molecule has 0 spiro atoms. The van der Waals surface area contributed by atoms with E-state index in [0.29, 0.717) is 12.5 Å². The molecular weight excluding hydrogens is 276 g/mol. The van der Waals surface area contributed by atoms with Crippen molar-refractivity contribution in [2.75, 3.05) is 13.1 Å². The number of rotatable bonds is 8. The monoisotopic (exact) mass is 298 g/mol. The SMILES string of the molecule is CC(C)CCNC(=O)CCNS(=O)(=O)c1ccccc1. The summed E-state index contributed by atoms with van der Waals surface area (Å²) in [5, 5.41) is 2.77. The number of hydrogen-bond donors (Lipinski definition) is 2. The third-order valence-electron chi connectivity index (χ3n) is 2.74. The molecule has 0 fully saturated rings. The third kappa shape index (κ3) is 6.16. The summed E-state index contributed by atoms with van der Waals surface area (Å²) in [6.45, 7) is 4.90. The van der Waals surface area contributed by atoms with Crippen molar-refractivity contribution in [1.29, 1.82) is 0 Å². The van der Waals surface area contributed by atoms with Gasteiger partial charge in [0, 0.05) is 19.5 Å². The highest BCUT2D eigenvalue weighted by atomic mass is 32.2. The zero-order chi connectivity index (χ0) is 15.0. The van der Waals surface area contributed by atoms with Crippen LogP contribution in [0.1, 0.15) is 26.7 Å². The standard InChI is InChI=1S/C14H22N2O3S/c1-12(2)8-10-15-14(17)9-11-16-20(18,19)13-6-4-3-5-7-13/h3-7,12,16H,8-11H2,1-2H3,(H,15,17). The maximum absolute atomic E-state index is 11.9. The minimum absolute atomic E-state index is 0.102. The molecule has 0 aliphatic rings. The minimum Gasteiger partial charge on any atom is -0.356 e. The van der Waals surface area contributed by atoms with Crippen LogP contribution in [0.5, 0.6) is 0 Å². The van der Waals surface area contributed by atoms with E-state index in [1.807, 2.05) is 0 Å². The Morgan fingerprint density at radius 1 is 1.15 bits per heavy atom. The average Bonchev–Trinajstić information content (AvgIpc) is 2.39. The Labute approximate surface area is 120 Å². The summed E-state index contributed by atoms with van der Waals surface area (Å²) in [6, 6.07) is 8.11. The lowest BCUT2D eigenvalue weighted by Gasteiger charge is -2.08. The smallest absolute Gasteiger partial charge is 0.240 e. The van der Waals surface area contributed by atoms with E-state index in [9.17, 15) is 13.2 Å². The Hall–Kier alpha value is -1.40. The van der Waals surface area contributed by atoms with Gasteiger partial charge in [-0.2, -0.15) is 0 Å². The zero-order valence-corrected chi connectivity index (χ0v) is 12.7. The fraction of sp³-hybridized carbons (Fsp3) is 0.500. The Morgan fingerprint density at radius 3 is 2.40 bits per heavy atom. The first kappa shape index (κ1) is 16.7. The first-order valence-electron chi connectivity index (χ1n) is 6.73. The van der Waals surface area contributed by atoms with Gasteiger partial charge in [-0.1, -0.05) is 32.0 Å². The molecule has 20 heavy (non-hydrogen) atoms. The minimum atomic E-state index is -3.52. The fourth-order valence-corrected chi connectivity index (χ4v) is 2.62. The largest absolute Gasteiger partial charge is 0.356 e. The molecule has 0 saturated carbocycles. The van der Waals surface area contributed by atoms with E-state index in [-0.39, 0.29) is 23.8 Å². The van der Waals surface area contributed by atoms with Gasteiger partial charge in [-0.3, -0.25) is 4.79 Å². The second-order valence-corrected chi connectivity index (χ2v) is 6.76. The van der Waals surface area contributed by atoms with E-state index >= 15 is 0 Å². The van der Waals surface area contributed by atoms with Crippen LogP contribution in [0.4, 0.5) is 0 Å². The molecule has 1 amide bonds. The first-order valence-corrected chi connectivity index (χ1v) is 8.21. The number of benzene rings is 1. The van der Waals surface area contributed by atoms with Crippen molar-refractivity contribution in [2.45, 2.75) is 31.6 Å². The number of nitrogens with one attached hydrogen (secondary N) is 2. The van der Waals surface area contributed by atoms with Crippen molar-refractivity contribution in [3.63, 3.8) is 0 Å². The number of carbonyl (C=O) groups is 1. The molecule has 0 radical (unpaired) electrons. The molecule has 0 aromatic heterocycles. The van der Waals surface area contributed by atoms with Crippen LogP contribution >= 0.6 is 0 Å². The molecule has 0 saturated heterocycles. The van der Waals surface area contributed by atoms with Crippen molar-refractivity contribution in [1.82, 2.24) is 10.0 Å². The summed E-state index contributed by atoms with van der Waals surface area (Å²) >= 11 is 0. The van der Waals surface area contributed by atoms with Crippen molar-refractivity contribution in [3.05, 3.63) is 30.3 Å². The van der Waals surface area contributed by atoms with Crippen molar-refractivity contribution < 1.29 is 13.2 Å². The zero-order valence-electron chi connectivity index (χ0n) is 11.9. The first-order chi connectivity index (χ1) is 9.42. The van der Waals surface area contributed by atoms with Crippen molar-refractivity contribution >= 4 is 15.9 Å². The molecule has 6 heteroatoms. The van der Waals surface area contributed by atoms with Gasteiger partial charge in [0.1, 0.15) is 0 Å². The molecule has 0 atom stereocenters. The Kier molecular flexibility index (Phi) is 6.67. The summed E-state index contributed by atoms with van der Waals surface area (Å²) in [6.07, 6.45) is 1.06. The lowest BCUT2D eigenvalue weighted by Crippen LogP contribution is -2.31. The fourth-order valence-electron chi connectivity index (χ4n) is 1.57. The van der Waals surface area contributed by atoms with Crippen LogP contribution in [0.3, 0.4) is 0 Å². The topological polar surface area (TPSA) is 75.3 Å². The van der Waals surface area contributed by atoms with Crippen molar-refractivity contribution in [2.24, 2.45) is 5.92 Å². The van der Waals surface area contributed by atoms with Crippen molar-refractivity contribution in [3.8, 4) is 0 Å². The van der Waals surface area contributed by atoms with Crippen LogP contribution in [0.2, 0.25) is 0 Å². The Bertz CT molecular complexity index is 512. The van der Waals surface area contributed by atoms with Gasteiger partial charge in [-0.25, -0.2) is 13.1 Å². The number of sulfonamides is 1. The molecule has 112 valence electrons. The summed E-state index contributed by atoms with van der Waals surface area (Å²) < 4.78 is 26.2. The van der Waals surface area contributed by atoms with Gasteiger partial charge in [0.2, 0.25) is 15.9 Å². The normalized spacial score (nSPS) is 11.6. The highest BCUT2D eigenvalue weighted by Crippen LogP contribution is 2.06. The highest BCUT2D eigenvalue weighted by molar-refractivity contribution is 7.89. The average molecular weight is 298 g/mol. The van der Waals surface area contributed by atoms with Gasteiger partial charge in [-0.15, -0.1) is 0 Å². The van der Waals surface area contributed by atoms with Crippen LogP contribution in [0, 0.1) is 5.92 Å². The van der Waals surface area contributed by atoms with Gasteiger partial charge in [0.25, 0.3) is 0 Å². The predicted octanol–water partition coefficient (Wildman–Crippen LogP) is 1.52. The van der Waals surface area contributed by atoms with E-state index in [2.05, 4.69) is 23.9 Å². The van der Waals surface area contributed by atoms with Crippen LogP contribution in [-0.4, -0.2) is 27.4 Å². The molecule has 2 N–H and O–H groups in total. The lowest BCUT2D eigenvalue weighted by molar-refractivity contribution is -0.120. The van der Waals surface area contributed by atoms with Gasteiger partial charge in [0.15, 0.2) is 0 Å². The molecule has 0 aliphatic heterocycles. The highest BCUT2D eigenvalue weighted by Gasteiger charge is 2.13. The van der Waals surface area contributed by atoms with Gasteiger partial charge < -0.3 is 5.32 Å². The van der Waals surface area contributed by atoms with Crippen LogP contribution in [0.15, 0.2) is 35.2 Å². The molecule has 1 rings (SSSR count). The lowest BCUT2D eigenvalue weighted by atomic mass is 10.1. The number of carbonyl (C=O) groups excluding carboxylic acids is 1. The molecular formula is C14H22N2O3S. The quantitative estimate of drug-likeness (QED) is 0.764. The Morgan fingerprint density at radius 2 is 1.80 bits per heavy atom. The van der Waals surface area contributed by atoms with E-state index < -0.39 is 10.0 Å². The molecule has 0 unspecified atom stereocenters. The number of hydrogen-bond acceptors (Lipinski definition) is 3. The van der Waals surface area contributed by atoms with E-state index in [1.54, 1.807) is 18.2 Å². The maximum atomic E-state index is 11.9. The molecule has 1 aromatic carbocycles. The Balaban J connectivity index is 2.32.